The molecule has 2 N–H and O–H groups in total. The van der Waals surface area contributed by atoms with Crippen LogP contribution in [0.5, 0.6) is 0 Å². The first-order valence-electron chi connectivity index (χ1n) is 8.24. The molecule has 1 aromatic rings. The first-order valence-corrected chi connectivity index (χ1v) is 8.24. The summed E-state index contributed by atoms with van der Waals surface area (Å²) in [6.07, 6.45) is 10.1. The van der Waals surface area contributed by atoms with E-state index >= 15 is 0 Å². The van der Waals surface area contributed by atoms with Gasteiger partial charge in [0.1, 0.15) is 6.61 Å². The Morgan fingerprint density at radius 1 is 1.33 bits per heavy atom. The molecule has 1 amide bonds. The molecule has 1 unspecified atom stereocenters. The molecular weight excluding hydrogens is 266 g/mol. The molecule has 1 heterocycles. The Hall–Kier alpha value is -1.36. The lowest BCUT2D eigenvalue weighted by Gasteiger charge is -2.23. The summed E-state index contributed by atoms with van der Waals surface area (Å²) < 4.78 is 5.85. The molecule has 0 aromatic carbocycles. The van der Waals surface area contributed by atoms with Gasteiger partial charge in [0.15, 0.2) is 0 Å². The molecule has 4 rings (SSSR count). The highest BCUT2D eigenvalue weighted by Gasteiger charge is 2.42. The average molecular weight is 289 g/mol. The topological polar surface area (TPSA) is 67.0 Å². The van der Waals surface area contributed by atoms with E-state index in [-0.39, 0.29) is 18.6 Å². The molecular formula is C16H23N3O2. The van der Waals surface area contributed by atoms with E-state index in [2.05, 4.69) is 15.5 Å². The molecule has 2 fully saturated rings. The number of aryl methyl sites for hydroxylation is 1. The zero-order valence-electron chi connectivity index (χ0n) is 12.3. The average Bonchev–Trinajstić information content (AvgIpc) is 3.41. The summed E-state index contributed by atoms with van der Waals surface area (Å²) in [5.74, 6) is 1.51. The van der Waals surface area contributed by atoms with Crippen molar-refractivity contribution in [2.75, 3.05) is 6.61 Å². The Labute approximate surface area is 124 Å². The molecule has 21 heavy (non-hydrogen) atoms. The third-order valence-corrected chi connectivity index (χ3v) is 4.99. The van der Waals surface area contributed by atoms with Crippen LogP contribution in [0, 0.1) is 11.8 Å². The van der Waals surface area contributed by atoms with Crippen LogP contribution in [0.2, 0.25) is 0 Å². The number of H-pyrrole nitrogens is 1. The van der Waals surface area contributed by atoms with Crippen LogP contribution >= 0.6 is 0 Å². The molecule has 3 aliphatic carbocycles. The van der Waals surface area contributed by atoms with E-state index in [9.17, 15) is 4.79 Å². The lowest BCUT2D eigenvalue weighted by atomic mass is 9.96. The van der Waals surface area contributed by atoms with Crippen LogP contribution in [0.25, 0.3) is 0 Å². The summed E-state index contributed by atoms with van der Waals surface area (Å²) in [6.45, 7) is 0.166. The van der Waals surface area contributed by atoms with Crippen LogP contribution in [0.1, 0.15) is 55.9 Å². The van der Waals surface area contributed by atoms with Crippen molar-refractivity contribution in [2.45, 2.75) is 57.1 Å². The lowest BCUT2D eigenvalue weighted by molar-refractivity contribution is -0.129. The second-order valence-corrected chi connectivity index (χ2v) is 6.77. The van der Waals surface area contributed by atoms with E-state index in [1.54, 1.807) is 0 Å². The Balaban J connectivity index is 1.30. The quantitative estimate of drug-likeness (QED) is 0.843. The predicted octanol–water partition coefficient (Wildman–Crippen LogP) is 2.11. The van der Waals surface area contributed by atoms with Crippen molar-refractivity contribution < 1.29 is 9.53 Å². The molecule has 114 valence electrons. The van der Waals surface area contributed by atoms with E-state index in [0.717, 1.165) is 36.8 Å². The van der Waals surface area contributed by atoms with E-state index < -0.39 is 0 Å². The van der Waals surface area contributed by atoms with Crippen LogP contribution in [0.3, 0.4) is 0 Å². The minimum atomic E-state index is 0.00213. The second kappa shape index (κ2) is 5.44. The maximum atomic E-state index is 12.1. The molecule has 0 bridgehead atoms. The molecule has 1 atom stereocenters. The van der Waals surface area contributed by atoms with Gasteiger partial charge in [0.25, 0.3) is 0 Å². The van der Waals surface area contributed by atoms with Gasteiger partial charge in [-0.3, -0.25) is 9.89 Å². The smallest absolute Gasteiger partial charge is 0.246 e. The van der Waals surface area contributed by atoms with Gasteiger partial charge in [0, 0.05) is 6.04 Å². The molecule has 1 aromatic heterocycles. The standard InChI is InChI=1S/C16H23N3O2/c20-14(18-15(10-4-5-10)11-6-7-11)9-21-13-3-1-2-12-8-17-19-16(12)13/h8,10-11,13,15H,1-7,9H2,(H,17,19)(H,18,20). The third kappa shape index (κ3) is 2.98. The van der Waals surface area contributed by atoms with Gasteiger partial charge in [-0.15, -0.1) is 0 Å². The predicted molar refractivity (Wildman–Crippen MR) is 77.6 cm³/mol. The number of aromatic nitrogens is 2. The Morgan fingerprint density at radius 2 is 2.10 bits per heavy atom. The van der Waals surface area contributed by atoms with Crippen LogP contribution in [0.15, 0.2) is 6.20 Å². The Bertz CT molecular complexity index is 507. The van der Waals surface area contributed by atoms with Crippen molar-refractivity contribution in [1.82, 2.24) is 15.5 Å². The maximum absolute atomic E-state index is 12.1. The molecule has 3 aliphatic rings. The fraction of sp³-hybridized carbons (Fsp3) is 0.750. The van der Waals surface area contributed by atoms with Gasteiger partial charge < -0.3 is 10.1 Å². The van der Waals surface area contributed by atoms with E-state index in [4.69, 9.17) is 4.74 Å². The molecule has 5 heteroatoms. The van der Waals surface area contributed by atoms with Gasteiger partial charge in [0.05, 0.1) is 18.0 Å². The van der Waals surface area contributed by atoms with Crippen molar-refractivity contribution >= 4 is 5.91 Å². The molecule has 2 saturated carbocycles. The number of amides is 1. The normalized spacial score (nSPS) is 24.9. The zero-order chi connectivity index (χ0) is 14.2. The number of fused-ring (bicyclic) bond motifs is 1. The number of aromatic amines is 1. The highest BCUT2D eigenvalue weighted by atomic mass is 16.5. The van der Waals surface area contributed by atoms with E-state index in [1.807, 2.05) is 6.20 Å². The van der Waals surface area contributed by atoms with Crippen molar-refractivity contribution in [3.63, 3.8) is 0 Å². The summed E-state index contributed by atoms with van der Waals surface area (Å²) >= 11 is 0. The van der Waals surface area contributed by atoms with Crippen LogP contribution in [0.4, 0.5) is 0 Å². The van der Waals surface area contributed by atoms with Crippen molar-refractivity contribution in [3.8, 4) is 0 Å². The monoisotopic (exact) mass is 289 g/mol. The summed E-state index contributed by atoms with van der Waals surface area (Å²) in [5.41, 5.74) is 2.30. The van der Waals surface area contributed by atoms with Gasteiger partial charge in [-0.25, -0.2) is 0 Å². The van der Waals surface area contributed by atoms with Gasteiger partial charge in [-0.1, -0.05) is 0 Å². The molecule has 0 radical (unpaired) electrons. The first kappa shape index (κ1) is 13.3. The Morgan fingerprint density at radius 3 is 2.81 bits per heavy atom. The number of carbonyl (C=O) groups excluding carboxylic acids is 1. The highest BCUT2D eigenvalue weighted by Crippen LogP contribution is 2.44. The number of rotatable bonds is 6. The maximum Gasteiger partial charge on any atom is 0.246 e. The number of ether oxygens (including phenoxy) is 1. The van der Waals surface area contributed by atoms with Gasteiger partial charge in [-0.2, -0.15) is 5.10 Å². The summed E-state index contributed by atoms with van der Waals surface area (Å²) in [5, 5.41) is 10.3. The zero-order valence-corrected chi connectivity index (χ0v) is 12.3. The fourth-order valence-electron chi connectivity index (χ4n) is 3.52. The van der Waals surface area contributed by atoms with Crippen molar-refractivity contribution in [1.29, 1.82) is 0 Å². The van der Waals surface area contributed by atoms with Crippen LogP contribution in [-0.4, -0.2) is 28.8 Å². The molecule has 0 spiro atoms. The second-order valence-electron chi connectivity index (χ2n) is 6.77. The van der Waals surface area contributed by atoms with Crippen LogP contribution < -0.4 is 5.32 Å². The highest BCUT2D eigenvalue weighted by molar-refractivity contribution is 5.77. The third-order valence-electron chi connectivity index (χ3n) is 4.99. The van der Waals surface area contributed by atoms with Crippen molar-refractivity contribution in [3.05, 3.63) is 17.5 Å². The van der Waals surface area contributed by atoms with Gasteiger partial charge >= 0.3 is 0 Å². The van der Waals surface area contributed by atoms with Crippen molar-refractivity contribution in [2.24, 2.45) is 11.8 Å². The summed E-state index contributed by atoms with van der Waals surface area (Å²) in [7, 11) is 0. The number of nitrogens with zero attached hydrogens (tertiary/aromatic N) is 1. The number of hydrogen-bond donors (Lipinski definition) is 2. The Kier molecular flexibility index (Phi) is 3.45. The molecule has 0 saturated heterocycles. The SMILES string of the molecule is O=C(COC1CCCc2cn[nH]c21)NC(C1CC1)C1CC1. The summed E-state index contributed by atoms with van der Waals surface area (Å²) in [6, 6.07) is 0.412. The first-order chi connectivity index (χ1) is 10.3. The van der Waals surface area contributed by atoms with E-state index in [0.29, 0.717) is 6.04 Å². The largest absolute Gasteiger partial charge is 0.362 e. The summed E-state index contributed by atoms with van der Waals surface area (Å²) in [4.78, 5) is 12.1. The van der Waals surface area contributed by atoms with Crippen LogP contribution in [-0.2, 0) is 16.0 Å². The van der Waals surface area contributed by atoms with Gasteiger partial charge in [-0.05, 0) is 62.3 Å². The lowest BCUT2D eigenvalue weighted by Crippen LogP contribution is -2.40. The molecule has 0 aliphatic heterocycles. The molecule has 5 nitrogen and oxygen atoms in total. The number of hydrogen-bond acceptors (Lipinski definition) is 3. The van der Waals surface area contributed by atoms with Gasteiger partial charge in [0.2, 0.25) is 5.91 Å². The minimum absolute atomic E-state index is 0.00213. The minimum Gasteiger partial charge on any atom is -0.362 e. The number of carbonyl (C=O) groups is 1. The van der Waals surface area contributed by atoms with E-state index in [1.165, 1.54) is 31.2 Å². The fourth-order valence-corrected chi connectivity index (χ4v) is 3.52. The number of nitrogens with one attached hydrogen (secondary N) is 2.